The first-order chi connectivity index (χ1) is 29.4. The zero-order valence-electron chi connectivity index (χ0n) is 41.3. The molecule has 60 heavy (non-hydrogen) atoms. The van der Waals surface area contributed by atoms with Gasteiger partial charge in [0.2, 0.25) is 5.91 Å². The second-order valence-electron chi connectivity index (χ2n) is 18.4. The SMILES string of the molecule is CCCCCCCCC(CCCCCC)C(=O)NCCCCCCN(CCCCCCOC(=O)C(CCCCCC)CCCCCCCC)CCOCCOCCN(C)C. The Morgan fingerprint density at radius 1 is 0.417 bits per heavy atom. The highest BCUT2D eigenvalue weighted by Crippen LogP contribution is 2.22. The molecule has 0 aromatic heterocycles. The highest BCUT2D eigenvalue weighted by Gasteiger charge is 2.20. The summed E-state index contributed by atoms with van der Waals surface area (Å²) >= 11 is 0. The Morgan fingerprint density at radius 2 is 0.817 bits per heavy atom. The van der Waals surface area contributed by atoms with E-state index in [9.17, 15) is 9.59 Å². The van der Waals surface area contributed by atoms with Crippen LogP contribution in [0.5, 0.6) is 0 Å². The molecule has 1 amide bonds. The fraction of sp³-hybridized carbons (Fsp3) is 0.962. The van der Waals surface area contributed by atoms with Crippen LogP contribution >= 0.6 is 0 Å². The van der Waals surface area contributed by atoms with Crippen molar-refractivity contribution in [3.8, 4) is 0 Å². The van der Waals surface area contributed by atoms with E-state index in [0.717, 1.165) is 123 Å². The molecule has 0 aliphatic carbocycles. The van der Waals surface area contributed by atoms with Gasteiger partial charge in [0.15, 0.2) is 0 Å². The van der Waals surface area contributed by atoms with Crippen molar-refractivity contribution in [2.24, 2.45) is 11.8 Å². The van der Waals surface area contributed by atoms with Crippen LogP contribution in [-0.2, 0) is 23.8 Å². The third-order valence-corrected chi connectivity index (χ3v) is 12.2. The summed E-state index contributed by atoms with van der Waals surface area (Å²) in [6, 6.07) is 0. The van der Waals surface area contributed by atoms with E-state index in [1.54, 1.807) is 0 Å². The molecule has 0 spiro atoms. The van der Waals surface area contributed by atoms with Crippen LogP contribution < -0.4 is 5.32 Å². The minimum atomic E-state index is 0.0576. The number of ether oxygens (including phenoxy) is 3. The second-order valence-corrected chi connectivity index (χ2v) is 18.4. The van der Waals surface area contributed by atoms with E-state index in [1.165, 1.54) is 128 Å². The zero-order valence-corrected chi connectivity index (χ0v) is 41.3. The number of amides is 1. The molecule has 0 radical (unpaired) electrons. The number of esters is 1. The van der Waals surface area contributed by atoms with Gasteiger partial charge in [0.1, 0.15) is 0 Å². The van der Waals surface area contributed by atoms with E-state index in [0.29, 0.717) is 25.7 Å². The lowest BCUT2D eigenvalue weighted by Crippen LogP contribution is -2.31. The maximum absolute atomic E-state index is 13.2. The van der Waals surface area contributed by atoms with E-state index >= 15 is 0 Å². The third-order valence-electron chi connectivity index (χ3n) is 12.2. The van der Waals surface area contributed by atoms with Crippen LogP contribution in [0.3, 0.4) is 0 Å². The second kappa shape index (κ2) is 47.3. The monoisotopic (exact) mass is 852 g/mol. The maximum atomic E-state index is 13.2. The number of rotatable bonds is 49. The molecule has 0 fully saturated rings. The summed E-state index contributed by atoms with van der Waals surface area (Å²) < 4.78 is 17.5. The van der Waals surface area contributed by atoms with Crippen molar-refractivity contribution in [3.05, 3.63) is 0 Å². The van der Waals surface area contributed by atoms with Gasteiger partial charge in [-0.1, -0.05) is 182 Å². The molecule has 8 heteroatoms. The lowest BCUT2D eigenvalue weighted by atomic mass is 9.93. The van der Waals surface area contributed by atoms with Crippen LogP contribution in [0, 0.1) is 11.8 Å². The molecule has 0 saturated carbocycles. The van der Waals surface area contributed by atoms with E-state index < -0.39 is 0 Å². The Kier molecular flexibility index (Phi) is 46.3. The predicted molar refractivity (Wildman–Crippen MR) is 258 cm³/mol. The summed E-state index contributed by atoms with van der Waals surface area (Å²) in [6.07, 6.45) is 38.2. The molecule has 2 atom stereocenters. The molecule has 0 aromatic rings. The maximum Gasteiger partial charge on any atom is 0.308 e. The highest BCUT2D eigenvalue weighted by atomic mass is 16.5. The van der Waals surface area contributed by atoms with E-state index in [4.69, 9.17) is 14.2 Å². The summed E-state index contributed by atoms with van der Waals surface area (Å²) in [5.41, 5.74) is 0. The van der Waals surface area contributed by atoms with Crippen LogP contribution in [0.2, 0.25) is 0 Å². The number of likely N-dealkylation sites (N-methyl/N-ethyl adjacent to an activating group) is 1. The summed E-state index contributed by atoms with van der Waals surface area (Å²) in [7, 11) is 4.13. The van der Waals surface area contributed by atoms with Crippen molar-refractivity contribution in [3.63, 3.8) is 0 Å². The van der Waals surface area contributed by atoms with Crippen LogP contribution in [0.1, 0.15) is 233 Å². The number of carbonyl (C=O) groups excluding carboxylic acids is 2. The summed E-state index contributed by atoms with van der Waals surface area (Å²) in [5, 5.41) is 3.32. The van der Waals surface area contributed by atoms with Gasteiger partial charge in [-0.15, -0.1) is 0 Å². The Balaban J connectivity index is 4.64. The van der Waals surface area contributed by atoms with Gasteiger partial charge in [-0.3, -0.25) is 9.59 Å². The van der Waals surface area contributed by atoms with Gasteiger partial charge in [0.25, 0.3) is 0 Å². The van der Waals surface area contributed by atoms with E-state index in [-0.39, 0.29) is 17.8 Å². The number of nitrogens with one attached hydrogen (secondary N) is 1. The molecule has 0 saturated heterocycles. The average molecular weight is 852 g/mol. The standard InChI is InChI=1S/C52H105N3O5/c1-7-11-15-19-21-29-36-49(35-27-17-13-9-3)51(56)53-39-31-23-24-32-40-55(43-46-59-48-47-58-45-42-54(5)6)41-33-25-26-34-44-60-52(57)50(37-28-18-14-10-4)38-30-22-20-16-12-8-2/h49-50H,7-48H2,1-6H3,(H,53,56). The largest absolute Gasteiger partial charge is 0.465 e. The van der Waals surface area contributed by atoms with Crippen molar-refractivity contribution < 1.29 is 23.8 Å². The molecule has 0 rings (SSSR count). The molecular formula is C52H105N3O5. The molecule has 8 nitrogen and oxygen atoms in total. The molecule has 0 bridgehead atoms. The van der Waals surface area contributed by atoms with Gasteiger partial charge in [-0.2, -0.15) is 0 Å². The minimum absolute atomic E-state index is 0.0576. The number of hydrogen-bond acceptors (Lipinski definition) is 7. The first-order valence-electron chi connectivity index (χ1n) is 26.4. The Bertz CT molecular complexity index is 832. The lowest BCUT2D eigenvalue weighted by molar-refractivity contribution is -0.149. The molecule has 0 heterocycles. The average Bonchev–Trinajstić information content (AvgIpc) is 3.24. The molecule has 1 N–H and O–H groups in total. The fourth-order valence-electron chi connectivity index (χ4n) is 8.11. The van der Waals surface area contributed by atoms with Crippen molar-refractivity contribution >= 4 is 11.9 Å². The summed E-state index contributed by atoms with van der Waals surface area (Å²) in [4.78, 5) is 31.0. The Labute approximate surface area is 374 Å². The molecule has 358 valence electrons. The van der Waals surface area contributed by atoms with Crippen molar-refractivity contribution in [1.29, 1.82) is 0 Å². The van der Waals surface area contributed by atoms with Gasteiger partial charge in [-0.05, 0) is 78.6 Å². The number of carbonyl (C=O) groups is 2. The molecule has 0 aromatic carbocycles. The first kappa shape index (κ1) is 58.8. The smallest absolute Gasteiger partial charge is 0.308 e. The zero-order chi connectivity index (χ0) is 44.0. The lowest BCUT2D eigenvalue weighted by Gasteiger charge is -2.22. The topological polar surface area (TPSA) is 80.3 Å². The van der Waals surface area contributed by atoms with Crippen molar-refractivity contribution in [1.82, 2.24) is 15.1 Å². The summed E-state index contributed by atoms with van der Waals surface area (Å²) in [5.74, 6) is 0.644. The highest BCUT2D eigenvalue weighted by molar-refractivity contribution is 5.78. The van der Waals surface area contributed by atoms with Gasteiger partial charge in [-0.25, -0.2) is 0 Å². The van der Waals surface area contributed by atoms with Gasteiger partial charge in [0.05, 0.1) is 39.0 Å². The van der Waals surface area contributed by atoms with Crippen molar-refractivity contribution in [2.75, 3.05) is 79.9 Å². The van der Waals surface area contributed by atoms with Crippen LogP contribution in [0.15, 0.2) is 0 Å². The predicted octanol–water partition coefficient (Wildman–Crippen LogP) is 13.3. The van der Waals surface area contributed by atoms with Gasteiger partial charge in [0, 0.05) is 25.6 Å². The molecule has 2 unspecified atom stereocenters. The molecule has 0 aliphatic rings. The Morgan fingerprint density at radius 3 is 1.32 bits per heavy atom. The fourth-order valence-corrected chi connectivity index (χ4v) is 8.11. The number of nitrogens with zero attached hydrogens (tertiary/aromatic N) is 2. The van der Waals surface area contributed by atoms with Crippen LogP contribution in [-0.4, -0.2) is 102 Å². The molecule has 0 aliphatic heterocycles. The van der Waals surface area contributed by atoms with Gasteiger partial charge < -0.3 is 29.3 Å². The number of hydrogen-bond donors (Lipinski definition) is 1. The molecular weight excluding hydrogens is 747 g/mol. The van der Waals surface area contributed by atoms with Crippen molar-refractivity contribution in [2.45, 2.75) is 233 Å². The van der Waals surface area contributed by atoms with E-state index in [2.05, 4.69) is 56.9 Å². The van der Waals surface area contributed by atoms with Gasteiger partial charge >= 0.3 is 5.97 Å². The third kappa shape index (κ3) is 40.8. The normalized spacial score (nSPS) is 12.7. The number of unbranched alkanes of at least 4 members (excludes halogenated alkanes) is 22. The minimum Gasteiger partial charge on any atom is -0.465 e. The van der Waals surface area contributed by atoms with Crippen LogP contribution in [0.25, 0.3) is 0 Å². The summed E-state index contributed by atoms with van der Waals surface area (Å²) in [6.45, 7) is 17.2. The first-order valence-corrected chi connectivity index (χ1v) is 26.4. The van der Waals surface area contributed by atoms with E-state index in [1.807, 2.05) is 0 Å². The Hall–Kier alpha value is -1.22. The quantitative estimate of drug-likeness (QED) is 0.0482. The van der Waals surface area contributed by atoms with Crippen LogP contribution in [0.4, 0.5) is 0 Å².